The molecular weight excluding hydrogens is 540 g/mol. The number of aliphatic hydroxyl groups excluding tert-OH is 2. The number of aliphatic carboxylic acids is 1. The van der Waals surface area contributed by atoms with E-state index in [2.05, 4.69) is 6.92 Å². The summed E-state index contributed by atoms with van der Waals surface area (Å²) in [6, 6.07) is 0. The molecular formula is C28H60N2O9S. The normalized spacial score (nSPS) is 11.6. The predicted octanol–water partition coefficient (Wildman–Crippen LogP) is 4.18. The van der Waals surface area contributed by atoms with Crippen molar-refractivity contribution in [1.29, 1.82) is 0 Å². The fraction of sp³-hybridized carbons (Fsp3) is 0.929. The average molecular weight is 601 g/mol. The van der Waals surface area contributed by atoms with Gasteiger partial charge >= 0.3 is 11.9 Å². The highest BCUT2D eigenvalue weighted by Gasteiger charge is 2.34. The number of unbranched alkanes of at least 4 members (excludes halogenated alkanes) is 17. The third-order valence-corrected chi connectivity index (χ3v) is 7.06. The van der Waals surface area contributed by atoms with Crippen molar-refractivity contribution < 1.29 is 42.6 Å². The van der Waals surface area contributed by atoms with E-state index >= 15 is 0 Å². The third kappa shape index (κ3) is 36.7. The van der Waals surface area contributed by atoms with Gasteiger partial charge in [0.1, 0.15) is 0 Å². The van der Waals surface area contributed by atoms with Crippen molar-refractivity contribution in [1.82, 2.24) is 0 Å². The Morgan fingerprint density at radius 3 is 1.23 bits per heavy atom. The van der Waals surface area contributed by atoms with Gasteiger partial charge in [-0.05, 0) is 6.42 Å². The molecule has 0 aliphatic rings. The number of esters is 1. The molecule has 1 atom stereocenters. The van der Waals surface area contributed by atoms with Crippen LogP contribution in [0, 0.1) is 0 Å². The van der Waals surface area contributed by atoms with E-state index in [1.54, 1.807) is 0 Å². The molecule has 12 heteroatoms. The van der Waals surface area contributed by atoms with Crippen LogP contribution in [0.4, 0.5) is 0 Å². The molecule has 242 valence electrons. The highest BCUT2D eigenvalue weighted by molar-refractivity contribution is 7.87. The molecule has 0 radical (unpaired) electrons. The second-order valence-electron chi connectivity index (χ2n) is 9.80. The van der Waals surface area contributed by atoms with E-state index in [9.17, 15) is 18.0 Å². The van der Waals surface area contributed by atoms with E-state index < -0.39 is 33.7 Å². The minimum Gasteiger partial charge on any atom is -0.481 e. The Hall–Kier alpha value is -1.31. The van der Waals surface area contributed by atoms with Crippen LogP contribution in [0.1, 0.15) is 129 Å². The van der Waals surface area contributed by atoms with Crippen molar-refractivity contribution in [2.24, 2.45) is 11.5 Å². The SMILES string of the molecule is CCCCCCCCCCCCCCCCCCCCOC(=O)C(CC(=O)O)S(=O)(=O)O.NCCO.NCCO. The Labute approximate surface area is 243 Å². The summed E-state index contributed by atoms with van der Waals surface area (Å²) < 4.78 is 36.0. The number of carboxylic acid groups (broad SMARTS) is 1. The lowest BCUT2D eigenvalue weighted by Gasteiger charge is -2.11. The summed E-state index contributed by atoms with van der Waals surface area (Å²) in [6.45, 7) is 3.23. The number of hydrogen-bond acceptors (Lipinski definition) is 9. The molecule has 0 saturated heterocycles. The maximum absolute atomic E-state index is 11.7. The van der Waals surface area contributed by atoms with Crippen molar-refractivity contribution >= 4 is 22.1 Å². The van der Waals surface area contributed by atoms with Crippen LogP contribution in [0.2, 0.25) is 0 Å². The molecule has 0 aromatic heterocycles. The lowest BCUT2D eigenvalue weighted by molar-refractivity contribution is -0.147. The molecule has 0 spiro atoms. The summed E-state index contributed by atoms with van der Waals surface area (Å²) in [4.78, 5) is 22.3. The largest absolute Gasteiger partial charge is 0.481 e. The first-order valence-electron chi connectivity index (χ1n) is 15.1. The van der Waals surface area contributed by atoms with Gasteiger partial charge in [0.2, 0.25) is 0 Å². The summed E-state index contributed by atoms with van der Waals surface area (Å²) in [5.74, 6) is -2.69. The van der Waals surface area contributed by atoms with Crippen LogP contribution >= 0.6 is 0 Å². The first-order valence-corrected chi connectivity index (χ1v) is 16.6. The minimum atomic E-state index is -4.79. The number of rotatable bonds is 25. The predicted molar refractivity (Wildman–Crippen MR) is 160 cm³/mol. The topological polar surface area (TPSA) is 210 Å². The van der Waals surface area contributed by atoms with Gasteiger partial charge in [0, 0.05) is 13.1 Å². The van der Waals surface area contributed by atoms with E-state index in [1.807, 2.05) is 0 Å². The molecule has 0 saturated carbocycles. The Kier molecular flexibility index (Phi) is 36.6. The van der Waals surface area contributed by atoms with Crippen LogP contribution in [-0.4, -0.2) is 78.4 Å². The Morgan fingerprint density at radius 2 is 0.975 bits per heavy atom. The zero-order chi connectivity index (χ0) is 30.9. The van der Waals surface area contributed by atoms with Crippen molar-refractivity contribution in [2.75, 3.05) is 32.9 Å². The van der Waals surface area contributed by atoms with E-state index in [0.29, 0.717) is 19.5 Å². The molecule has 0 amide bonds. The molecule has 0 bridgehead atoms. The summed E-state index contributed by atoms with van der Waals surface area (Å²) in [7, 11) is -4.79. The molecule has 8 N–H and O–H groups in total. The monoisotopic (exact) mass is 600 g/mol. The number of nitrogens with two attached hydrogens (primary N) is 2. The van der Waals surface area contributed by atoms with Gasteiger partial charge in [0.05, 0.1) is 26.2 Å². The second-order valence-corrected chi connectivity index (χ2v) is 11.4. The number of hydrogen-bond donors (Lipinski definition) is 6. The van der Waals surface area contributed by atoms with Gasteiger partial charge < -0.3 is 31.5 Å². The summed E-state index contributed by atoms with van der Waals surface area (Å²) in [5.41, 5.74) is 9.56. The van der Waals surface area contributed by atoms with E-state index in [-0.39, 0.29) is 19.8 Å². The molecule has 0 aliphatic carbocycles. The number of aliphatic hydroxyl groups is 2. The molecule has 0 rings (SSSR count). The number of carboxylic acids is 1. The zero-order valence-corrected chi connectivity index (χ0v) is 25.8. The van der Waals surface area contributed by atoms with E-state index in [0.717, 1.165) is 19.3 Å². The summed E-state index contributed by atoms with van der Waals surface area (Å²) in [6.07, 6.45) is 21.4. The number of ether oxygens (including phenoxy) is 1. The molecule has 11 nitrogen and oxygen atoms in total. The van der Waals surface area contributed by atoms with Gasteiger partial charge in [-0.1, -0.05) is 116 Å². The molecule has 0 aromatic rings. The highest BCUT2D eigenvalue weighted by Crippen LogP contribution is 2.14. The fourth-order valence-corrected chi connectivity index (χ4v) is 4.40. The first-order chi connectivity index (χ1) is 19.1. The van der Waals surface area contributed by atoms with Gasteiger partial charge in [-0.25, -0.2) is 0 Å². The van der Waals surface area contributed by atoms with Crippen molar-refractivity contribution in [2.45, 2.75) is 134 Å². The van der Waals surface area contributed by atoms with E-state index in [4.69, 9.17) is 36.1 Å². The fourth-order valence-electron chi connectivity index (χ4n) is 3.74. The molecule has 0 aromatic carbocycles. The Bertz CT molecular complexity index is 642. The van der Waals surface area contributed by atoms with E-state index in [1.165, 1.54) is 89.9 Å². The van der Waals surface area contributed by atoms with Crippen molar-refractivity contribution in [3.8, 4) is 0 Å². The quantitative estimate of drug-likeness (QED) is 0.0497. The molecule has 40 heavy (non-hydrogen) atoms. The summed E-state index contributed by atoms with van der Waals surface area (Å²) >= 11 is 0. The van der Waals surface area contributed by atoms with Crippen LogP contribution in [-0.2, 0) is 24.4 Å². The maximum atomic E-state index is 11.7. The zero-order valence-electron chi connectivity index (χ0n) is 24.9. The van der Waals surface area contributed by atoms with Crippen molar-refractivity contribution in [3.05, 3.63) is 0 Å². The number of carbonyl (C=O) groups is 2. The van der Waals surface area contributed by atoms with Crippen molar-refractivity contribution in [3.63, 3.8) is 0 Å². The Balaban J connectivity index is -0.00000150. The maximum Gasteiger partial charge on any atom is 0.327 e. The highest BCUT2D eigenvalue weighted by atomic mass is 32.2. The van der Waals surface area contributed by atoms with Crippen LogP contribution in [0.3, 0.4) is 0 Å². The smallest absolute Gasteiger partial charge is 0.327 e. The van der Waals surface area contributed by atoms with Crippen LogP contribution < -0.4 is 11.5 Å². The van der Waals surface area contributed by atoms with Crippen LogP contribution in [0.25, 0.3) is 0 Å². The number of carbonyl (C=O) groups excluding carboxylic acids is 1. The Morgan fingerprint density at radius 1 is 0.675 bits per heavy atom. The molecule has 0 heterocycles. The van der Waals surface area contributed by atoms with Gasteiger partial charge in [0.15, 0.2) is 5.25 Å². The molecule has 0 aliphatic heterocycles. The molecule has 1 unspecified atom stereocenters. The molecule has 0 fully saturated rings. The average Bonchev–Trinajstić information content (AvgIpc) is 2.92. The lowest BCUT2D eigenvalue weighted by atomic mass is 10.0. The second kappa shape index (κ2) is 33.9. The van der Waals surface area contributed by atoms with Gasteiger partial charge in [0.25, 0.3) is 10.1 Å². The van der Waals surface area contributed by atoms with Gasteiger partial charge in [-0.15, -0.1) is 0 Å². The minimum absolute atomic E-state index is 0.0310. The standard InChI is InChI=1S/C24H46O7S.2C2H7NO/c1-2-3-4-5-6-7-8-9-10-11-12-13-14-15-16-17-18-19-20-31-24(27)22(21-23(25)26)32(28,29)30;2*3-1-2-4/h22H,2-21H2,1H3,(H,25,26)(H,28,29,30);2*4H,1-3H2. The third-order valence-electron chi connectivity index (χ3n) is 5.98. The summed E-state index contributed by atoms with van der Waals surface area (Å²) in [5, 5.41) is 22.1. The van der Waals surface area contributed by atoms with Gasteiger partial charge in [-0.2, -0.15) is 8.42 Å². The van der Waals surface area contributed by atoms with Crippen LogP contribution in [0.15, 0.2) is 0 Å². The van der Waals surface area contributed by atoms with Gasteiger partial charge in [-0.3, -0.25) is 14.1 Å². The lowest BCUT2D eigenvalue weighted by Crippen LogP contribution is -2.34. The first kappa shape index (κ1) is 43.1. The van der Waals surface area contributed by atoms with Crippen LogP contribution in [0.5, 0.6) is 0 Å².